The van der Waals surface area contributed by atoms with Crippen LogP contribution in [0, 0.1) is 0 Å². The molecule has 3 aromatic rings. The number of rotatable bonds is 9. The first-order valence-corrected chi connectivity index (χ1v) is 11.9. The Hall–Kier alpha value is -2.88. The number of benzene rings is 3. The first kappa shape index (κ1) is 22.8. The number of hydrogen-bond donors (Lipinski definition) is 1. The minimum absolute atomic E-state index is 0.192. The van der Waals surface area contributed by atoms with Gasteiger partial charge in [-0.3, -0.25) is 4.79 Å². The van der Waals surface area contributed by atoms with E-state index in [1.165, 1.54) is 6.92 Å². The zero-order chi connectivity index (χ0) is 22.3. The first-order chi connectivity index (χ1) is 15.0. The molecule has 0 amide bonds. The van der Waals surface area contributed by atoms with Crippen molar-refractivity contribution in [3.8, 4) is 5.75 Å². The average Bonchev–Trinajstić information content (AvgIpc) is 2.82. The van der Waals surface area contributed by atoms with Crippen LogP contribution in [0.3, 0.4) is 0 Å². The van der Waals surface area contributed by atoms with E-state index in [9.17, 15) is 14.5 Å². The standard InChI is InChI=1S/C25H27O5P/c1-19(27)30-25(20-13-15-21(29-2)16-14-20)24(17-18-26)31(28,22-9-5-3-6-10-22)23-11-7-4-8-12-23/h3-16,24-26H,17-18H2,1-2H3/t24-,25+/m1/s1. The summed E-state index contributed by atoms with van der Waals surface area (Å²) >= 11 is 0. The number of aliphatic hydroxyl groups excluding tert-OH is 1. The Morgan fingerprint density at radius 2 is 1.42 bits per heavy atom. The van der Waals surface area contributed by atoms with E-state index in [2.05, 4.69) is 0 Å². The van der Waals surface area contributed by atoms with Crippen molar-refractivity contribution in [3.63, 3.8) is 0 Å². The van der Waals surface area contributed by atoms with E-state index >= 15 is 0 Å². The van der Waals surface area contributed by atoms with Gasteiger partial charge in [0.15, 0.2) is 0 Å². The molecule has 0 spiro atoms. The summed E-state index contributed by atoms with van der Waals surface area (Å²) in [5.41, 5.74) is 0.0427. The van der Waals surface area contributed by atoms with Crippen LogP contribution in [0.1, 0.15) is 25.0 Å². The third kappa shape index (κ3) is 5.07. The van der Waals surface area contributed by atoms with Gasteiger partial charge in [0.1, 0.15) is 19.0 Å². The SMILES string of the molecule is COc1ccc([C@H](OC(C)=O)[C@@H](CCO)P(=O)(c2ccccc2)c2ccccc2)cc1. The molecule has 0 aliphatic heterocycles. The lowest BCUT2D eigenvalue weighted by molar-refractivity contribution is -0.147. The maximum absolute atomic E-state index is 14.9. The van der Waals surface area contributed by atoms with Gasteiger partial charge >= 0.3 is 5.97 Å². The molecule has 31 heavy (non-hydrogen) atoms. The molecule has 0 aliphatic rings. The number of hydrogen-bond acceptors (Lipinski definition) is 5. The van der Waals surface area contributed by atoms with Gasteiger partial charge in [0.05, 0.1) is 12.8 Å². The lowest BCUT2D eigenvalue weighted by atomic mass is 10.0. The quantitative estimate of drug-likeness (QED) is 0.403. The Balaban J connectivity index is 2.21. The molecule has 0 fully saturated rings. The summed E-state index contributed by atoms with van der Waals surface area (Å²) in [5.74, 6) is 0.190. The predicted octanol–water partition coefficient (Wildman–Crippen LogP) is 4.06. The van der Waals surface area contributed by atoms with Crippen LogP contribution in [0.5, 0.6) is 5.75 Å². The van der Waals surface area contributed by atoms with Crippen LogP contribution in [-0.4, -0.2) is 30.5 Å². The summed E-state index contributed by atoms with van der Waals surface area (Å²) in [6.07, 6.45) is -0.604. The first-order valence-electron chi connectivity index (χ1n) is 10.1. The number of carbonyl (C=O) groups is 1. The second kappa shape index (κ2) is 10.4. The van der Waals surface area contributed by atoms with Gasteiger partial charge in [-0.15, -0.1) is 0 Å². The van der Waals surface area contributed by atoms with Crippen LogP contribution in [0.2, 0.25) is 0 Å². The Bertz CT molecular complexity index is 975. The molecule has 0 heterocycles. The Morgan fingerprint density at radius 3 is 1.84 bits per heavy atom. The van der Waals surface area contributed by atoms with Crippen molar-refractivity contribution < 1.29 is 23.9 Å². The normalized spacial score (nSPS) is 13.3. The second-order valence-electron chi connectivity index (χ2n) is 7.21. The van der Waals surface area contributed by atoms with Gasteiger partial charge < -0.3 is 19.1 Å². The smallest absolute Gasteiger partial charge is 0.303 e. The molecule has 1 N–H and O–H groups in total. The molecule has 0 aliphatic carbocycles. The summed E-state index contributed by atoms with van der Waals surface area (Å²) < 4.78 is 25.9. The van der Waals surface area contributed by atoms with Crippen molar-refractivity contribution in [3.05, 3.63) is 90.5 Å². The molecule has 0 bridgehead atoms. The maximum Gasteiger partial charge on any atom is 0.303 e. The second-order valence-corrected chi connectivity index (χ2v) is 10.2. The van der Waals surface area contributed by atoms with Crippen molar-refractivity contribution in [2.45, 2.75) is 25.1 Å². The Labute approximate surface area is 183 Å². The molecule has 0 saturated carbocycles. The van der Waals surface area contributed by atoms with Crippen LogP contribution < -0.4 is 15.3 Å². The molecule has 5 nitrogen and oxygen atoms in total. The molecule has 0 unspecified atom stereocenters. The van der Waals surface area contributed by atoms with Gasteiger partial charge in [-0.25, -0.2) is 0 Å². The predicted molar refractivity (Wildman–Crippen MR) is 123 cm³/mol. The Kier molecular flexibility index (Phi) is 7.67. The van der Waals surface area contributed by atoms with Crippen LogP contribution in [0.25, 0.3) is 0 Å². The lowest BCUT2D eigenvalue weighted by Crippen LogP contribution is -2.33. The number of ether oxygens (including phenoxy) is 2. The molecule has 0 saturated heterocycles. The van der Waals surface area contributed by atoms with E-state index in [0.29, 0.717) is 21.9 Å². The van der Waals surface area contributed by atoms with Crippen molar-refractivity contribution >= 4 is 23.7 Å². The van der Waals surface area contributed by atoms with Gasteiger partial charge in [0, 0.05) is 24.1 Å². The van der Waals surface area contributed by atoms with Crippen molar-refractivity contribution in [2.75, 3.05) is 13.7 Å². The summed E-state index contributed by atoms with van der Waals surface area (Å²) in [6.45, 7) is 1.14. The van der Waals surface area contributed by atoms with E-state index in [1.54, 1.807) is 31.4 Å². The third-order valence-electron chi connectivity index (χ3n) is 5.26. The number of methoxy groups -OCH3 is 1. The van der Waals surface area contributed by atoms with Gasteiger partial charge in [-0.2, -0.15) is 0 Å². The van der Waals surface area contributed by atoms with Gasteiger partial charge in [0.2, 0.25) is 0 Å². The van der Waals surface area contributed by atoms with E-state index < -0.39 is 24.9 Å². The minimum atomic E-state index is -3.32. The van der Waals surface area contributed by atoms with Crippen molar-refractivity contribution in [1.29, 1.82) is 0 Å². The largest absolute Gasteiger partial charge is 0.497 e. The summed E-state index contributed by atoms with van der Waals surface area (Å²) in [4.78, 5) is 12.1. The zero-order valence-corrected chi connectivity index (χ0v) is 18.6. The highest BCUT2D eigenvalue weighted by molar-refractivity contribution is 7.79. The van der Waals surface area contributed by atoms with Gasteiger partial charge in [-0.1, -0.05) is 72.8 Å². The highest BCUT2D eigenvalue weighted by Gasteiger charge is 2.43. The van der Waals surface area contributed by atoms with Crippen molar-refractivity contribution in [2.24, 2.45) is 0 Å². The van der Waals surface area contributed by atoms with Crippen LogP contribution >= 0.6 is 7.14 Å². The topological polar surface area (TPSA) is 72.8 Å². The lowest BCUT2D eigenvalue weighted by Gasteiger charge is -2.34. The van der Waals surface area contributed by atoms with Crippen LogP contribution in [-0.2, 0) is 14.1 Å². The van der Waals surface area contributed by atoms with Crippen LogP contribution in [0.15, 0.2) is 84.9 Å². The number of esters is 1. The summed E-state index contributed by atoms with van der Waals surface area (Å²) in [5, 5.41) is 11.2. The fraction of sp³-hybridized carbons (Fsp3) is 0.240. The molecule has 162 valence electrons. The van der Waals surface area contributed by atoms with Gasteiger partial charge in [0.25, 0.3) is 0 Å². The van der Waals surface area contributed by atoms with E-state index in [0.717, 1.165) is 0 Å². The van der Waals surface area contributed by atoms with Crippen molar-refractivity contribution in [1.82, 2.24) is 0 Å². The third-order valence-corrected chi connectivity index (χ3v) is 8.85. The molecule has 3 aromatic carbocycles. The molecule has 6 heteroatoms. The maximum atomic E-state index is 14.9. The number of aliphatic hydroxyl groups is 1. The average molecular weight is 438 g/mol. The molecule has 3 rings (SSSR count). The van der Waals surface area contributed by atoms with Crippen LogP contribution in [0.4, 0.5) is 0 Å². The Morgan fingerprint density at radius 1 is 0.903 bits per heavy atom. The van der Waals surface area contributed by atoms with E-state index in [-0.39, 0.29) is 13.0 Å². The molecular formula is C25H27O5P. The molecule has 0 aromatic heterocycles. The summed E-state index contributed by atoms with van der Waals surface area (Å²) in [6, 6.07) is 25.6. The molecular weight excluding hydrogens is 411 g/mol. The zero-order valence-electron chi connectivity index (χ0n) is 17.7. The van der Waals surface area contributed by atoms with E-state index in [1.807, 2.05) is 60.7 Å². The highest BCUT2D eigenvalue weighted by atomic mass is 31.2. The fourth-order valence-electron chi connectivity index (χ4n) is 3.83. The number of carbonyl (C=O) groups excluding carboxylic acids is 1. The minimum Gasteiger partial charge on any atom is -0.497 e. The fourth-order valence-corrected chi connectivity index (χ4v) is 7.22. The summed E-state index contributed by atoms with van der Waals surface area (Å²) in [7, 11) is -1.74. The highest BCUT2D eigenvalue weighted by Crippen LogP contribution is 2.55. The van der Waals surface area contributed by atoms with E-state index in [4.69, 9.17) is 9.47 Å². The monoisotopic (exact) mass is 438 g/mol. The molecule has 0 radical (unpaired) electrons. The van der Waals surface area contributed by atoms with Gasteiger partial charge in [-0.05, 0) is 24.1 Å². The molecule has 2 atom stereocenters.